The zero-order valence-electron chi connectivity index (χ0n) is 20.2. The van der Waals surface area contributed by atoms with Crippen molar-refractivity contribution in [3.8, 4) is 6.07 Å². The Labute approximate surface area is 215 Å². The number of carbonyl (C=O) groups is 2. The molecule has 1 amide bonds. The SMILES string of the molecule is CN1C(=CC(=O)c2ccc(C#N)cc2)N(Cc2ccccc2)C(=O)C1(c1ccccn1)c1ccccn1. The first-order valence-electron chi connectivity index (χ1n) is 11.7. The molecule has 2 aromatic heterocycles. The molecule has 0 N–H and O–H groups in total. The van der Waals surface area contributed by atoms with Crippen LogP contribution in [-0.2, 0) is 16.9 Å². The van der Waals surface area contributed by atoms with Crippen LogP contribution in [0.15, 0.2) is 115 Å². The molecule has 0 bridgehead atoms. The van der Waals surface area contributed by atoms with Gasteiger partial charge in [0.1, 0.15) is 5.82 Å². The van der Waals surface area contributed by atoms with E-state index in [0.29, 0.717) is 28.3 Å². The molecule has 7 nitrogen and oxygen atoms in total. The van der Waals surface area contributed by atoms with Gasteiger partial charge in [0, 0.05) is 31.1 Å². The molecule has 0 spiro atoms. The van der Waals surface area contributed by atoms with Gasteiger partial charge in [0.15, 0.2) is 5.78 Å². The molecule has 37 heavy (non-hydrogen) atoms. The van der Waals surface area contributed by atoms with E-state index in [4.69, 9.17) is 5.26 Å². The number of carbonyl (C=O) groups excluding carboxylic acids is 2. The number of rotatable bonds is 6. The number of amides is 1. The molecule has 2 aromatic carbocycles. The number of nitriles is 1. The van der Waals surface area contributed by atoms with Crippen molar-refractivity contribution in [3.05, 3.63) is 143 Å². The summed E-state index contributed by atoms with van der Waals surface area (Å²) in [6.07, 6.45) is 4.76. The highest BCUT2D eigenvalue weighted by Crippen LogP contribution is 2.44. The lowest BCUT2D eigenvalue weighted by molar-refractivity contribution is -0.132. The summed E-state index contributed by atoms with van der Waals surface area (Å²) < 4.78 is 0. The fraction of sp³-hybridized carbons (Fsp3) is 0.100. The molecular weight excluding hydrogens is 462 g/mol. The van der Waals surface area contributed by atoms with E-state index in [0.717, 1.165) is 5.56 Å². The van der Waals surface area contributed by atoms with Crippen molar-refractivity contribution in [1.29, 1.82) is 5.26 Å². The van der Waals surface area contributed by atoms with Crippen LogP contribution in [0.1, 0.15) is 32.9 Å². The van der Waals surface area contributed by atoms with E-state index in [-0.39, 0.29) is 18.2 Å². The third kappa shape index (κ3) is 4.15. The number of ketones is 1. The van der Waals surface area contributed by atoms with Crippen molar-refractivity contribution >= 4 is 11.7 Å². The van der Waals surface area contributed by atoms with Crippen molar-refractivity contribution in [2.24, 2.45) is 0 Å². The molecule has 0 saturated carbocycles. The Morgan fingerprint density at radius 2 is 1.49 bits per heavy atom. The molecule has 0 unspecified atom stereocenters. The van der Waals surface area contributed by atoms with Crippen molar-refractivity contribution in [2.75, 3.05) is 7.05 Å². The Hall–Kier alpha value is -5.09. The largest absolute Gasteiger partial charge is 0.336 e. The van der Waals surface area contributed by atoms with Crippen molar-refractivity contribution in [1.82, 2.24) is 19.8 Å². The van der Waals surface area contributed by atoms with Gasteiger partial charge in [0.2, 0.25) is 5.54 Å². The highest BCUT2D eigenvalue weighted by molar-refractivity contribution is 6.06. The molecule has 1 aliphatic heterocycles. The number of benzene rings is 2. The smallest absolute Gasteiger partial charge is 0.266 e. The van der Waals surface area contributed by atoms with Gasteiger partial charge in [-0.3, -0.25) is 24.5 Å². The van der Waals surface area contributed by atoms with Crippen molar-refractivity contribution in [2.45, 2.75) is 12.1 Å². The van der Waals surface area contributed by atoms with Gasteiger partial charge in [-0.15, -0.1) is 0 Å². The molecular formula is C30H23N5O2. The number of aromatic nitrogens is 2. The average Bonchev–Trinajstić information content (AvgIpc) is 3.16. The summed E-state index contributed by atoms with van der Waals surface area (Å²) in [4.78, 5) is 40.4. The molecule has 0 radical (unpaired) electrons. The van der Waals surface area contributed by atoms with Crippen LogP contribution in [0.4, 0.5) is 0 Å². The first kappa shape index (κ1) is 23.6. The third-order valence-electron chi connectivity index (χ3n) is 6.49. The Morgan fingerprint density at radius 3 is 2.03 bits per heavy atom. The topological polar surface area (TPSA) is 90.2 Å². The van der Waals surface area contributed by atoms with E-state index >= 15 is 0 Å². The molecule has 5 rings (SSSR count). The van der Waals surface area contributed by atoms with Gasteiger partial charge in [0.05, 0.1) is 29.6 Å². The van der Waals surface area contributed by atoms with Crippen molar-refractivity contribution in [3.63, 3.8) is 0 Å². The number of nitrogens with zero attached hydrogens (tertiary/aromatic N) is 5. The molecule has 3 heterocycles. The molecule has 7 heteroatoms. The quantitative estimate of drug-likeness (QED) is 0.299. The Morgan fingerprint density at radius 1 is 0.892 bits per heavy atom. The molecule has 1 fully saturated rings. The predicted octanol–water partition coefficient (Wildman–Crippen LogP) is 4.29. The van der Waals surface area contributed by atoms with Gasteiger partial charge in [-0.25, -0.2) is 0 Å². The number of pyridine rings is 2. The lowest BCUT2D eigenvalue weighted by Crippen LogP contribution is -2.46. The van der Waals surface area contributed by atoms with Gasteiger partial charge in [-0.05, 0) is 54.1 Å². The zero-order valence-corrected chi connectivity index (χ0v) is 20.2. The van der Waals surface area contributed by atoms with Gasteiger partial charge < -0.3 is 4.90 Å². The molecule has 1 aliphatic rings. The number of allylic oxidation sites excluding steroid dienone is 1. The van der Waals surface area contributed by atoms with E-state index < -0.39 is 5.54 Å². The first-order chi connectivity index (χ1) is 18.1. The second kappa shape index (κ2) is 9.88. The van der Waals surface area contributed by atoms with Crippen LogP contribution in [0.5, 0.6) is 0 Å². The standard InChI is InChI=1S/C30H23N5O2/c1-34-28(19-25(36)24-15-13-22(20-31)14-16-24)35(21-23-9-3-2-4-10-23)29(37)30(34,26-11-5-7-17-32-26)27-12-6-8-18-33-27/h2-19H,21H2,1H3. The second-order valence-corrected chi connectivity index (χ2v) is 8.63. The van der Waals surface area contributed by atoms with Crippen LogP contribution in [-0.4, -0.2) is 38.5 Å². The summed E-state index contributed by atoms with van der Waals surface area (Å²) in [5.41, 5.74) is 1.45. The van der Waals surface area contributed by atoms with Gasteiger partial charge in [-0.2, -0.15) is 5.26 Å². The molecule has 0 atom stereocenters. The highest BCUT2D eigenvalue weighted by atomic mass is 16.2. The summed E-state index contributed by atoms with van der Waals surface area (Å²) in [5.74, 6) is -0.107. The minimum atomic E-state index is -1.37. The van der Waals surface area contributed by atoms with Crippen LogP contribution in [0.2, 0.25) is 0 Å². The minimum Gasteiger partial charge on any atom is -0.336 e. The van der Waals surface area contributed by atoms with Gasteiger partial charge in [-0.1, -0.05) is 42.5 Å². The van der Waals surface area contributed by atoms with Crippen LogP contribution < -0.4 is 0 Å². The maximum absolute atomic E-state index is 14.5. The average molecular weight is 486 g/mol. The molecule has 180 valence electrons. The maximum Gasteiger partial charge on any atom is 0.266 e. The third-order valence-corrected chi connectivity index (χ3v) is 6.49. The lowest BCUT2D eigenvalue weighted by atomic mass is 9.88. The normalized spacial score (nSPS) is 15.6. The Bertz CT molecular complexity index is 1460. The molecule has 0 aliphatic carbocycles. The highest BCUT2D eigenvalue weighted by Gasteiger charge is 2.58. The fourth-order valence-corrected chi connectivity index (χ4v) is 4.65. The Kier molecular flexibility index (Phi) is 6.31. The van der Waals surface area contributed by atoms with E-state index in [1.807, 2.05) is 42.5 Å². The second-order valence-electron chi connectivity index (χ2n) is 8.63. The Balaban J connectivity index is 1.69. The first-order valence-corrected chi connectivity index (χ1v) is 11.7. The number of hydrogen-bond donors (Lipinski definition) is 0. The summed E-state index contributed by atoms with van der Waals surface area (Å²) in [6.45, 7) is 0.262. The van der Waals surface area contributed by atoms with Gasteiger partial charge in [0.25, 0.3) is 5.91 Å². The van der Waals surface area contributed by atoms with Gasteiger partial charge >= 0.3 is 0 Å². The van der Waals surface area contributed by atoms with E-state index in [1.54, 1.807) is 77.8 Å². The zero-order chi connectivity index (χ0) is 25.8. The number of likely N-dealkylation sites (N-methyl/N-ethyl adjacent to an activating group) is 1. The van der Waals surface area contributed by atoms with E-state index in [2.05, 4.69) is 16.0 Å². The van der Waals surface area contributed by atoms with Crippen LogP contribution in [0.25, 0.3) is 0 Å². The number of hydrogen-bond acceptors (Lipinski definition) is 6. The van der Waals surface area contributed by atoms with E-state index in [9.17, 15) is 9.59 Å². The monoisotopic (exact) mass is 485 g/mol. The fourth-order valence-electron chi connectivity index (χ4n) is 4.65. The predicted molar refractivity (Wildman–Crippen MR) is 138 cm³/mol. The summed E-state index contributed by atoms with van der Waals surface area (Å²) in [5, 5.41) is 9.10. The molecule has 4 aromatic rings. The van der Waals surface area contributed by atoms with E-state index in [1.165, 1.54) is 6.08 Å². The maximum atomic E-state index is 14.5. The molecule has 1 saturated heterocycles. The summed E-state index contributed by atoms with van der Waals surface area (Å²) in [6, 6.07) is 29.0. The summed E-state index contributed by atoms with van der Waals surface area (Å²) in [7, 11) is 1.78. The lowest BCUT2D eigenvalue weighted by Gasteiger charge is -2.33. The minimum absolute atomic E-state index is 0.255. The van der Waals surface area contributed by atoms with Crippen LogP contribution >= 0.6 is 0 Å². The van der Waals surface area contributed by atoms with Crippen LogP contribution in [0, 0.1) is 11.3 Å². The van der Waals surface area contributed by atoms with Crippen molar-refractivity contribution < 1.29 is 9.59 Å². The summed E-state index contributed by atoms with van der Waals surface area (Å²) >= 11 is 0. The van der Waals surface area contributed by atoms with Crippen LogP contribution in [0.3, 0.4) is 0 Å².